The van der Waals surface area contributed by atoms with Crippen molar-refractivity contribution in [1.29, 1.82) is 5.26 Å². The van der Waals surface area contributed by atoms with Crippen LogP contribution in [0.25, 0.3) is 0 Å². The molecule has 0 atom stereocenters. The van der Waals surface area contributed by atoms with Gasteiger partial charge < -0.3 is 10.6 Å². The monoisotopic (exact) mass is 342 g/mol. The Morgan fingerprint density at radius 2 is 2.04 bits per heavy atom. The number of nitrogens with one attached hydrogen (secondary N) is 2. The highest BCUT2D eigenvalue weighted by Crippen LogP contribution is 2.21. The van der Waals surface area contributed by atoms with Crippen LogP contribution in [0.3, 0.4) is 0 Å². The summed E-state index contributed by atoms with van der Waals surface area (Å²) in [7, 11) is 0. The number of anilines is 1. The number of non-ortho nitro benzene ring substituents is 1. The van der Waals surface area contributed by atoms with E-state index in [4.69, 9.17) is 5.26 Å². The second-order valence-corrected chi connectivity index (χ2v) is 5.25. The van der Waals surface area contributed by atoms with Gasteiger partial charge in [-0.15, -0.1) is 0 Å². The van der Waals surface area contributed by atoms with Crippen LogP contribution in [0.1, 0.15) is 21.5 Å². The fraction of sp³-hybridized carbons (Fsp3) is 0.176. The molecule has 7 nitrogen and oxygen atoms in total. The molecule has 0 spiro atoms. The molecule has 25 heavy (non-hydrogen) atoms. The van der Waals surface area contributed by atoms with E-state index in [1.54, 1.807) is 6.92 Å². The molecule has 0 aromatic heterocycles. The molecule has 0 radical (unpaired) electrons. The van der Waals surface area contributed by atoms with Crippen molar-refractivity contribution >= 4 is 17.3 Å². The number of nitro groups is 1. The third-order valence-corrected chi connectivity index (χ3v) is 3.49. The van der Waals surface area contributed by atoms with E-state index in [0.29, 0.717) is 17.8 Å². The van der Waals surface area contributed by atoms with Crippen LogP contribution in [0.2, 0.25) is 0 Å². The van der Waals surface area contributed by atoms with Gasteiger partial charge in [-0.3, -0.25) is 14.9 Å². The van der Waals surface area contributed by atoms with Crippen molar-refractivity contribution < 1.29 is 14.1 Å². The minimum absolute atomic E-state index is 0.140. The zero-order chi connectivity index (χ0) is 18.4. The summed E-state index contributed by atoms with van der Waals surface area (Å²) in [6.45, 7) is 2.14. The Morgan fingerprint density at radius 3 is 2.68 bits per heavy atom. The number of amides is 1. The Kier molecular flexibility index (Phi) is 5.63. The van der Waals surface area contributed by atoms with Gasteiger partial charge in [0.2, 0.25) is 0 Å². The third kappa shape index (κ3) is 4.51. The quantitative estimate of drug-likeness (QED) is 0.477. The summed E-state index contributed by atoms with van der Waals surface area (Å²) in [5.74, 6) is -0.861. The van der Waals surface area contributed by atoms with Gasteiger partial charge in [0.05, 0.1) is 16.2 Å². The average Bonchev–Trinajstić information content (AvgIpc) is 2.60. The summed E-state index contributed by atoms with van der Waals surface area (Å²) in [6, 6.07) is 10.0. The first kappa shape index (κ1) is 17.9. The van der Waals surface area contributed by atoms with Gasteiger partial charge in [-0.05, 0) is 30.7 Å². The van der Waals surface area contributed by atoms with Crippen LogP contribution in [0.15, 0.2) is 36.4 Å². The molecule has 0 aliphatic heterocycles. The predicted molar refractivity (Wildman–Crippen MR) is 89.8 cm³/mol. The molecule has 0 bridgehead atoms. The SMILES string of the molecule is Cc1ccc(C(=O)NCCNc2ccc([N+](=O)[O-])cc2C#N)cc1F. The van der Waals surface area contributed by atoms with Crippen LogP contribution in [-0.2, 0) is 0 Å². The Hall–Kier alpha value is -3.47. The van der Waals surface area contributed by atoms with Gasteiger partial charge in [0.25, 0.3) is 11.6 Å². The summed E-state index contributed by atoms with van der Waals surface area (Å²) in [5.41, 5.74) is 1.08. The van der Waals surface area contributed by atoms with E-state index in [0.717, 1.165) is 0 Å². The standard InChI is InChI=1S/C17H15FN4O3/c1-11-2-3-12(9-15(11)18)17(23)21-7-6-20-16-5-4-14(22(24)25)8-13(16)10-19/h2-5,8-9,20H,6-7H2,1H3,(H,21,23). The van der Waals surface area contributed by atoms with Crippen LogP contribution in [0.5, 0.6) is 0 Å². The maximum absolute atomic E-state index is 13.5. The molecule has 0 fully saturated rings. The molecule has 2 rings (SSSR count). The fourth-order valence-corrected chi connectivity index (χ4v) is 2.10. The largest absolute Gasteiger partial charge is 0.382 e. The van der Waals surface area contributed by atoms with E-state index >= 15 is 0 Å². The van der Waals surface area contributed by atoms with Crippen LogP contribution in [0.4, 0.5) is 15.8 Å². The highest BCUT2D eigenvalue weighted by atomic mass is 19.1. The zero-order valence-electron chi connectivity index (χ0n) is 13.4. The number of nitro benzene ring substituents is 1. The van der Waals surface area contributed by atoms with E-state index in [2.05, 4.69) is 10.6 Å². The second-order valence-electron chi connectivity index (χ2n) is 5.25. The number of carbonyl (C=O) groups is 1. The lowest BCUT2D eigenvalue weighted by molar-refractivity contribution is -0.384. The molecule has 8 heteroatoms. The molecule has 128 valence electrons. The first-order chi connectivity index (χ1) is 11.9. The van der Waals surface area contributed by atoms with Crippen molar-refractivity contribution in [3.05, 3.63) is 69.0 Å². The average molecular weight is 342 g/mol. The minimum atomic E-state index is -0.578. The van der Waals surface area contributed by atoms with Crippen LogP contribution in [0, 0.1) is 34.2 Å². The number of hydrogen-bond acceptors (Lipinski definition) is 5. The van der Waals surface area contributed by atoms with E-state index < -0.39 is 16.6 Å². The molecular weight excluding hydrogens is 327 g/mol. The van der Waals surface area contributed by atoms with Crippen LogP contribution >= 0.6 is 0 Å². The third-order valence-electron chi connectivity index (χ3n) is 3.49. The van der Waals surface area contributed by atoms with Gasteiger partial charge in [-0.2, -0.15) is 5.26 Å². The maximum atomic E-state index is 13.5. The van der Waals surface area contributed by atoms with Gasteiger partial charge in [-0.25, -0.2) is 4.39 Å². The topological polar surface area (TPSA) is 108 Å². The molecule has 2 N–H and O–H groups in total. The van der Waals surface area contributed by atoms with Gasteiger partial charge in [0, 0.05) is 30.8 Å². The molecule has 0 saturated heterocycles. The molecule has 2 aromatic carbocycles. The zero-order valence-corrected chi connectivity index (χ0v) is 13.4. The second kappa shape index (κ2) is 7.88. The predicted octanol–water partition coefficient (Wildman–Crippen LogP) is 2.76. The Balaban J connectivity index is 1.91. The number of aryl methyl sites for hydroxylation is 1. The lowest BCUT2D eigenvalue weighted by Gasteiger charge is -2.09. The smallest absolute Gasteiger partial charge is 0.270 e. The van der Waals surface area contributed by atoms with E-state index in [-0.39, 0.29) is 23.4 Å². The highest BCUT2D eigenvalue weighted by Gasteiger charge is 2.11. The first-order valence-corrected chi connectivity index (χ1v) is 7.39. The van der Waals surface area contributed by atoms with E-state index in [1.807, 2.05) is 6.07 Å². The number of nitrogens with zero attached hydrogens (tertiary/aromatic N) is 2. The number of carbonyl (C=O) groups excluding carboxylic acids is 1. The van der Waals surface area contributed by atoms with Gasteiger partial charge in [0.1, 0.15) is 11.9 Å². The molecule has 0 heterocycles. The number of rotatable bonds is 6. The molecule has 0 aliphatic rings. The minimum Gasteiger partial charge on any atom is -0.382 e. The molecular formula is C17H15FN4O3. The molecule has 1 amide bonds. The summed E-state index contributed by atoms with van der Waals surface area (Å²) in [6.07, 6.45) is 0. The Morgan fingerprint density at radius 1 is 1.28 bits per heavy atom. The van der Waals surface area contributed by atoms with Crippen molar-refractivity contribution in [2.75, 3.05) is 18.4 Å². The number of hydrogen-bond donors (Lipinski definition) is 2. The molecule has 0 unspecified atom stereocenters. The van der Waals surface area contributed by atoms with Crippen molar-refractivity contribution in [2.45, 2.75) is 6.92 Å². The summed E-state index contributed by atoms with van der Waals surface area (Å²) in [5, 5.41) is 25.3. The number of nitriles is 1. The van der Waals surface area contributed by atoms with E-state index in [1.165, 1.54) is 36.4 Å². The Bertz CT molecular complexity index is 861. The fourth-order valence-electron chi connectivity index (χ4n) is 2.10. The van der Waals surface area contributed by atoms with Crippen LogP contribution in [-0.4, -0.2) is 23.9 Å². The van der Waals surface area contributed by atoms with Crippen molar-refractivity contribution in [2.24, 2.45) is 0 Å². The summed E-state index contributed by atoms with van der Waals surface area (Å²) in [4.78, 5) is 22.0. The molecule has 2 aromatic rings. The van der Waals surface area contributed by atoms with E-state index in [9.17, 15) is 19.3 Å². The highest BCUT2D eigenvalue weighted by molar-refractivity contribution is 5.94. The first-order valence-electron chi connectivity index (χ1n) is 7.39. The van der Waals surface area contributed by atoms with Crippen LogP contribution < -0.4 is 10.6 Å². The summed E-state index contributed by atoms with van der Waals surface area (Å²) < 4.78 is 13.5. The van der Waals surface area contributed by atoms with Gasteiger partial charge in [-0.1, -0.05) is 6.07 Å². The van der Waals surface area contributed by atoms with Gasteiger partial charge >= 0.3 is 0 Å². The van der Waals surface area contributed by atoms with Gasteiger partial charge in [0.15, 0.2) is 0 Å². The van der Waals surface area contributed by atoms with Crippen molar-refractivity contribution in [3.63, 3.8) is 0 Å². The lowest BCUT2D eigenvalue weighted by Crippen LogP contribution is -2.29. The normalized spacial score (nSPS) is 9.96. The molecule has 0 saturated carbocycles. The summed E-state index contributed by atoms with van der Waals surface area (Å²) >= 11 is 0. The molecule has 0 aliphatic carbocycles. The Labute approximate surface area is 143 Å². The van der Waals surface area contributed by atoms with Crippen molar-refractivity contribution in [1.82, 2.24) is 5.32 Å². The number of halogens is 1. The lowest BCUT2D eigenvalue weighted by atomic mass is 10.1. The van der Waals surface area contributed by atoms with Crippen molar-refractivity contribution in [3.8, 4) is 6.07 Å². The maximum Gasteiger partial charge on any atom is 0.270 e. The number of benzene rings is 2.